The lowest BCUT2D eigenvalue weighted by Crippen LogP contribution is -2.15. The number of carbonyl (C=O) groups excluding carboxylic acids is 1. The van der Waals surface area contributed by atoms with Crippen LogP contribution in [-0.4, -0.2) is 10.9 Å². The van der Waals surface area contributed by atoms with Crippen LogP contribution in [0.2, 0.25) is 10.2 Å². The highest BCUT2D eigenvalue weighted by molar-refractivity contribution is 6.31. The maximum absolute atomic E-state index is 12.3. The molecular weight excluding hydrogens is 359 g/mol. The van der Waals surface area contributed by atoms with Crippen molar-refractivity contribution in [3.8, 4) is 11.5 Å². The molecule has 126 valence electrons. The molecule has 0 radical (unpaired) electrons. The van der Waals surface area contributed by atoms with Crippen LogP contribution in [0.1, 0.15) is 5.56 Å². The monoisotopic (exact) mass is 372 g/mol. The van der Waals surface area contributed by atoms with Gasteiger partial charge >= 0.3 is 0 Å². The molecule has 1 heterocycles. The number of nitrogens with zero attached hydrogens (tertiary/aromatic N) is 1. The first-order valence-electron chi connectivity index (χ1n) is 7.53. The van der Waals surface area contributed by atoms with Gasteiger partial charge in [0.2, 0.25) is 5.91 Å². The summed E-state index contributed by atoms with van der Waals surface area (Å²) in [6.07, 6.45) is 1.74. The molecule has 0 saturated heterocycles. The van der Waals surface area contributed by atoms with E-state index in [0.717, 1.165) is 5.56 Å². The van der Waals surface area contributed by atoms with Gasteiger partial charge in [0.25, 0.3) is 0 Å². The number of pyridine rings is 1. The highest BCUT2D eigenvalue weighted by atomic mass is 35.5. The predicted octanol–water partition coefficient (Wildman–Crippen LogP) is 5.36. The molecule has 1 aromatic heterocycles. The van der Waals surface area contributed by atoms with Gasteiger partial charge in [0, 0.05) is 11.2 Å². The van der Waals surface area contributed by atoms with Crippen LogP contribution in [0.3, 0.4) is 0 Å². The number of aromatic nitrogens is 1. The first-order valence-corrected chi connectivity index (χ1v) is 8.28. The molecule has 0 unspecified atom stereocenters. The summed E-state index contributed by atoms with van der Waals surface area (Å²) in [5, 5.41) is 3.72. The summed E-state index contributed by atoms with van der Waals surface area (Å²) in [7, 11) is 0. The fourth-order valence-corrected chi connectivity index (χ4v) is 2.48. The Morgan fingerprint density at radius 1 is 1.04 bits per heavy atom. The predicted molar refractivity (Wildman–Crippen MR) is 99.5 cm³/mol. The van der Waals surface area contributed by atoms with Gasteiger partial charge in [0.05, 0.1) is 12.1 Å². The summed E-state index contributed by atoms with van der Waals surface area (Å²) < 4.78 is 5.83. The number of ether oxygens (including phenoxy) is 1. The van der Waals surface area contributed by atoms with Crippen molar-refractivity contribution in [3.63, 3.8) is 0 Å². The van der Waals surface area contributed by atoms with Crippen molar-refractivity contribution < 1.29 is 9.53 Å². The Kier molecular flexibility index (Phi) is 5.53. The average Bonchev–Trinajstić information content (AvgIpc) is 2.60. The van der Waals surface area contributed by atoms with Gasteiger partial charge < -0.3 is 10.1 Å². The summed E-state index contributed by atoms with van der Waals surface area (Å²) in [5.74, 6) is 0.977. The lowest BCUT2D eigenvalue weighted by molar-refractivity contribution is -0.115. The molecule has 0 spiro atoms. The van der Waals surface area contributed by atoms with Crippen molar-refractivity contribution in [1.29, 1.82) is 0 Å². The summed E-state index contributed by atoms with van der Waals surface area (Å²) in [4.78, 5) is 16.3. The molecule has 0 fully saturated rings. The van der Waals surface area contributed by atoms with E-state index >= 15 is 0 Å². The van der Waals surface area contributed by atoms with Crippen LogP contribution in [0, 0.1) is 0 Å². The van der Waals surface area contributed by atoms with Crippen LogP contribution in [0.15, 0.2) is 66.9 Å². The molecule has 1 amide bonds. The van der Waals surface area contributed by atoms with Crippen molar-refractivity contribution >= 4 is 34.8 Å². The third-order valence-corrected chi connectivity index (χ3v) is 3.80. The van der Waals surface area contributed by atoms with E-state index in [1.807, 2.05) is 30.3 Å². The molecule has 3 aromatic rings. The van der Waals surface area contributed by atoms with Crippen LogP contribution in [0.25, 0.3) is 0 Å². The lowest BCUT2D eigenvalue weighted by Gasteiger charge is -2.13. The maximum Gasteiger partial charge on any atom is 0.228 e. The van der Waals surface area contributed by atoms with Crippen LogP contribution in [0.4, 0.5) is 5.69 Å². The second-order valence-electron chi connectivity index (χ2n) is 5.27. The summed E-state index contributed by atoms with van der Waals surface area (Å²) >= 11 is 11.8. The number of rotatable bonds is 5. The van der Waals surface area contributed by atoms with Crippen molar-refractivity contribution in [3.05, 3.63) is 82.6 Å². The van der Waals surface area contributed by atoms with Gasteiger partial charge in [-0.15, -0.1) is 0 Å². The quantitative estimate of drug-likeness (QED) is 0.613. The zero-order valence-electron chi connectivity index (χ0n) is 13.1. The third kappa shape index (κ3) is 4.95. The Labute approximate surface area is 155 Å². The van der Waals surface area contributed by atoms with Crippen LogP contribution < -0.4 is 10.1 Å². The van der Waals surface area contributed by atoms with Gasteiger partial charge in [-0.2, -0.15) is 0 Å². The smallest absolute Gasteiger partial charge is 0.228 e. The number of halogens is 2. The first kappa shape index (κ1) is 17.3. The number of carbonyl (C=O) groups is 1. The molecule has 0 atom stereocenters. The van der Waals surface area contributed by atoms with Gasteiger partial charge in [-0.05, 0) is 42.0 Å². The summed E-state index contributed by atoms with van der Waals surface area (Å²) in [5.41, 5.74) is 1.26. The molecule has 1 N–H and O–H groups in total. The number of anilines is 1. The number of amides is 1. The molecule has 3 rings (SSSR count). The van der Waals surface area contributed by atoms with E-state index in [0.29, 0.717) is 27.4 Å². The maximum atomic E-state index is 12.3. The molecule has 25 heavy (non-hydrogen) atoms. The third-order valence-electron chi connectivity index (χ3n) is 3.34. The van der Waals surface area contributed by atoms with E-state index in [4.69, 9.17) is 27.9 Å². The Bertz CT molecular complexity index is 868. The second-order valence-corrected chi connectivity index (χ2v) is 6.09. The number of hydrogen-bond acceptors (Lipinski definition) is 3. The number of benzene rings is 2. The van der Waals surface area contributed by atoms with E-state index < -0.39 is 0 Å². The fraction of sp³-hybridized carbons (Fsp3) is 0.0526. The summed E-state index contributed by atoms with van der Waals surface area (Å²) in [6, 6.07) is 17.8. The van der Waals surface area contributed by atoms with Crippen molar-refractivity contribution in [2.24, 2.45) is 0 Å². The Morgan fingerprint density at radius 2 is 1.84 bits per heavy atom. The van der Waals surface area contributed by atoms with E-state index in [2.05, 4.69) is 10.3 Å². The minimum absolute atomic E-state index is 0.168. The van der Waals surface area contributed by atoms with Crippen molar-refractivity contribution in [2.75, 3.05) is 5.32 Å². The Morgan fingerprint density at radius 3 is 2.56 bits per heavy atom. The van der Waals surface area contributed by atoms with Crippen LogP contribution >= 0.6 is 23.2 Å². The van der Waals surface area contributed by atoms with Crippen LogP contribution in [-0.2, 0) is 11.2 Å². The zero-order valence-corrected chi connectivity index (χ0v) is 14.6. The minimum Gasteiger partial charge on any atom is -0.455 e. The second kappa shape index (κ2) is 8.01. The molecule has 0 saturated carbocycles. The standard InChI is InChI=1S/C19H14Cl2N2O2/c20-14-7-8-17(25-15-4-2-1-3-5-15)16(11-14)23-19(24)10-13-6-9-18(21)22-12-13/h1-9,11-12H,10H2,(H,23,24). The van der Waals surface area contributed by atoms with Gasteiger partial charge in [0.15, 0.2) is 5.75 Å². The van der Waals surface area contributed by atoms with Crippen molar-refractivity contribution in [2.45, 2.75) is 6.42 Å². The minimum atomic E-state index is -0.204. The molecule has 0 aliphatic rings. The van der Waals surface area contributed by atoms with Crippen LogP contribution in [0.5, 0.6) is 11.5 Å². The molecular formula is C19H14Cl2N2O2. The van der Waals surface area contributed by atoms with E-state index in [1.165, 1.54) is 0 Å². The molecule has 4 nitrogen and oxygen atoms in total. The number of para-hydroxylation sites is 1. The SMILES string of the molecule is O=C(Cc1ccc(Cl)nc1)Nc1cc(Cl)ccc1Oc1ccccc1. The average molecular weight is 373 g/mol. The topological polar surface area (TPSA) is 51.2 Å². The molecule has 2 aromatic carbocycles. The Hall–Kier alpha value is -2.56. The first-order chi connectivity index (χ1) is 12.1. The Balaban J connectivity index is 1.75. The highest BCUT2D eigenvalue weighted by Gasteiger charge is 2.11. The van der Waals surface area contributed by atoms with Crippen molar-refractivity contribution in [1.82, 2.24) is 4.98 Å². The highest BCUT2D eigenvalue weighted by Crippen LogP contribution is 2.32. The molecule has 0 aliphatic carbocycles. The van der Waals surface area contributed by atoms with E-state index in [-0.39, 0.29) is 12.3 Å². The lowest BCUT2D eigenvalue weighted by atomic mass is 10.2. The van der Waals surface area contributed by atoms with Gasteiger partial charge in [-0.25, -0.2) is 4.98 Å². The summed E-state index contributed by atoms with van der Waals surface area (Å²) in [6.45, 7) is 0. The van der Waals surface area contributed by atoms with E-state index in [9.17, 15) is 4.79 Å². The number of nitrogens with one attached hydrogen (secondary N) is 1. The molecule has 0 bridgehead atoms. The molecule has 6 heteroatoms. The van der Waals surface area contributed by atoms with E-state index in [1.54, 1.807) is 36.5 Å². The number of hydrogen-bond donors (Lipinski definition) is 1. The fourth-order valence-electron chi connectivity index (χ4n) is 2.20. The zero-order chi connectivity index (χ0) is 17.6. The molecule has 0 aliphatic heterocycles. The largest absolute Gasteiger partial charge is 0.455 e. The van der Waals surface area contributed by atoms with Gasteiger partial charge in [-0.1, -0.05) is 47.5 Å². The van der Waals surface area contributed by atoms with Gasteiger partial charge in [-0.3, -0.25) is 4.79 Å². The van der Waals surface area contributed by atoms with Gasteiger partial charge in [0.1, 0.15) is 10.9 Å². The normalized spacial score (nSPS) is 10.3.